The van der Waals surface area contributed by atoms with Crippen molar-refractivity contribution in [1.82, 2.24) is 19.7 Å². The molecule has 0 spiro atoms. The second-order valence-corrected chi connectivity index (χ2v) is 23.5. The number of sulfone groups is 1. The summed E-state index contributed by atoms with van der Waals surface area (Å²) in [4.78, 5) is 36.0. The normalized spacial score (nSPS) is 24.3. The van der Waals surface area contributed by atoms with Gasteiger partial charge in [0.15, 0.2) is 0 Å². The molecule has 288 valence electrons. The smallest absolute Gasteiger partial charge is 0.0361 e. The van der Waals surface area contributed by atoms with Gasteiger partial charge in [-0.25, -0.2) is 0 Å². The van der Waals surface area contributed by atoms with Gasteiger partial charge < -0.3 is 4.74 Å². The standard InChI is InChI=1S/C40H54IN5O6S/c1-28(2)46-25-33(22-43-46)32-10-19-42-36(21-32)45(27-39-11-14-40(15-12-39,16-13-39)34-6-7-35(51-4)29(3)20-34)37(47)31-8-17-41(18-9-31)52-38(48)44-23-30(24-44)26-53(5,49)50/h6-7,10,19-22,25,28,30-31H,8-9,11-18,23-24,26-27H2,1-5H3. The Balaban J connectivity index is 1.05. The zero-order valence-corrected chi connectivity index (χ0v) is 34.7. The molecule has 1 aromatic carbocycles. The molecule has 2 bridgehead atoms. The van der Waals surface area contributed by atoms with Gasteiger partial charge in [-0.2, -0.15) is 0 Å². The molecule has 0 N–H and O–H groups in total. The molecule has 0 unspecified atom stereocenters. The number of aromatic nitrogens is 3. The Morgan fingerprint density at radius 2 is 1.72 bits per heavy atom. The van der Waals surface area contributed by atoms with Gasteiger partial charge in [0.1, 0.15) is 5.75 Å². The Labute approximate surface area is 322 Å². The summed E-state index contributed by atoms with van der Waals surface area (Å²) in [6, 6.07) is 11.0. The van der Waals surface area contributed by atoms with Crippen LogP contribution in [0.2, 0.25) is 0 Å². The predicted molar refractivity (Wildman–Crippen MR) is 215 cm³/mol. The molecule has 2 saturated heterocycles. The van der Waals surface area contributed by atoms with E-state index in [0.717, 1.165) is 64.3 Å². The van der Waals surface area contributed by atoms with Crippen molar-refractivity contribution in [1.29, 1.82) is 0 Å². The van der Waals surface area contributed by atoms with Gasteiger partial charge in [-0.05, 0) is 32.4 Å². The van der Waals surface area contributed by atoms with Gasteiger partial charge in [0.05, 0.1) is 7.11 Å². The fourth-order valence-corrected chi connectivity index (χ4v) is 14.7. The maximum atomic E-state index is 14.7. The van der Waals surface area contributed by atoms with E-state index in [1.807, 2.05) is 28.0 Å². The molecule has 11 nitrogen and oxygen atoms in total. The van der Waals surface area contributed by atoms with Crippen molar-refractivity contribution in [3.8, 4) is 16.9 Å². The summed E-state index contributed by atoms with van der Waals surface area (Å²) in [5, 5.41) is 4.56. The number of ether oxygens (including phenoxy) is 1. The number of rotatable bonds is 11. The molecule has 5 fully saturated rings. The number of pyridine rings is 1. The van der Waals surface area contributed by atoms with Crippen molar-refractivity contribution in [2.24, 2.45) is 17.3 Å². The molecule has 3 saturated carbocycles. The second kappa shape index (κ2) is 15.1. The number of amides is 2. The minimum atomic E-state index is -3.07. The Morgan fingerprint density at radius 1 is 1.02 bits per heavy atom. The third-order valence-electron chi connectivity index (χ3n) is 12.3. The van der Waals surface area contributed by atoms with E-state index in [1.165, 1.54) is 17.4 Å². The molecular formula is C40H54IN5O6S. The summed E-state index contributed by atoms with van der Waals surface area (Å²) < 4.78 is 38.3. The number of nitrogens with zero attached hydrogens (tertiary/aromatic N) is 5. The van der Waals surface area contributed by atoms with Gasteiger partial charge in [-0.3, -0.25) is 0 Å². The zero-order chi connectivity index (χ0) is 37.5. The number of hydrogen-bond donors (Lipinski definition) is 0. The number of aryl methyl sites for hydroxylation is 1. The fraction of sp³-hybridized carbons (Fsp3) is 0.600. The average Bonchev–Trinajstić information content (AvgIpc) is 3.64. The molecule has 2 aromatic heterocycles. The van der Waals surface area contributed by atoms with E-state index in [1.54, 1.807) is 12.0 Å². The van der Waals surface area contributed by atoms with Crippen LogP contribution >= 0.6 is 20.2 Å². The van der Waals surface area contributed by atoms with Gasteiger partial charge in [-0.15, -0.1) is 0 Å². The van der Waals surface area contributed by atoms with E-state index in [4.69, 9.17) is 12.8 Å². The minimum absolute atomic E-state index is 0.0185. The molecule has 0 radical (unpaired) electrons. The monoisotopic (exact) mass is 859 g/mol. The predicted octanol–water partition coefficient (Wildman–Crippen LogP) is 7.41. The SMILES string of the molecule is COc1ccc(C23CCC(CN(C(=O)C4CCI(OC(=O)N5CC(CS(C)(=O)=O)C5)CC4)c4cc(-c5cnn(C(C)C)c5)ccn4)(CC2)CC3)cc1C. The molecule has 2 amide bonds. The number of likely N-dealkylation sites (tertiary alicyclic amines) is 1. The number of carbonyl (C=O) groups is 2. The zero-order valence-electron chi connectivity index (χ0n) is 31.7. The van der Waals surface area contributed by atoms with Crippen LogP contribution in [0.4, 0.5) is 10.6 Å². The first-order valence-electron chi connectivity index (χ1n) is 19.0. The molecule has 8 rings (SSSR count). The molecular weight excluding hydrogens is 805 g/mol. The van der Waals surface area contributed by atoms with Crippen molar-refractivity contribution in [2.75, 3.05) is 52.5 Å². The summed E-state index contributed by atoms with van der Waals surface area (Å²) in [7, 11) is -1.34. The molecule has 5 aliphatic rings. The summed E-state index contributed by atoms with van der Waals surface area (Å²) >= 11 is -2.04. The number of benzene rings is 1. The van der Waals surface area contributed by atoms with E-state index in [0.29, 0.717) is 38.3 Å². The minimum Gasteiger partial charge on any atom is -0.0361 e. The Morgan fingerprint density at radius 3 is 2.32 bits per heavy atom. The first kappa shape index (κ1) is 38.1. The molecule has 3 aromatic rings. The number of methoxy groups -OCH3 is 1. The third kappa shape index (κ3) is 8.25. The maximum absolute atomic E-state index is 14.7. The topological polar surface area (TPSA) is 124 Å². The van der Waals surface area contributed by atoms with Crippen LogP contribution in [0.5, 0.6) is 5.75 Å². The summed E-state index contributed by atoms with van der Waals surface area (Å²) in [6.07, 6.45) is 14.6. The Hall–Kier alpha value is -3.20. The van der Waals surface area contributed by atoms with Crippen LogP contribution in [0.3, 0.4) is 0 Å². The van der Waals surface area contributed by atoms with E-state index in [2.05, 4.69) is 56.3 Å². The quantitative estimate of drug-likeness (QED) is 0.144. The van der Waals surface area contributed by atoms with E-state index >= 15 is 0 Å². The van der Waals surface area contributed by atoms with E-state index in [-0.39, 0.29) is 46.5 Å². The van der Waals surface area contributed by atoms with Crippen LogP contribution in [0, 0.1) is 24.2 Å². The van der Waals surface area contributed by atoms with E-state index < -0.39 is 30.1 Å². The van der Waals surface area contributed by atoms with Gasteiger partial charge in [0.25, 0.3) is 0 Å². The number of fused-ring (bicyclic) bond motifs is 3. The molecule has 53 heavy (non-hydrogen) atoms. The molecule has 4 heterocycles. The second-order valence-electron chi connectivity index (χ2n) is 16.4. The van der Waals surface area contributed by atoms with Crippen LogP contribution in [0.1, 0.15) is 82.4 Å². The third-order valence-corrected chi connectivity index (χ3v) is 18.0. The first-order valence-corrected chi connectivity index (χ1v) is 25.0. The molecule has 0 atom stereocenters. The van der Waals surface area contributed by atoms with Crippen molar-refractivity contribution in [3.05, 3.63) is 60.0 Å². The number of hydrogen-bond acceptors (Lipinski definition) is 8. The Bertz CT molecular complexity index is 1910. The fourth-order valence-electron chi connectivity index (χ4n) is 8.95. The summed E-state index contributed by atoms with van der Waals surface area (Å²) in [5.74, 6) is 1.69. The number of halogens is 1. The van der Waals surface area contributed by atoms with Gasteiger partial charge in [0.2, 0.25) is 0 Å². The number of alkyl halides is 2. The van der Waals surface area contributed by atoms with Crippen LogP contribution < -0.4 is 9.64 Å². The van der Waals surface area contributed by atoms with Crippen LogP contribution in [-0.2, 0) is 23.1 Å². The van der Waals surface area contributed by atoms with Crippen molar-refractivity contribution in [2.45, 2.75) is 83.6 Å². The molecule has 2 aliphatic heterocycles. The van der Waals surface area contributed by atoms with E-state index in [9.17, 15) is 18.0 Å². The van der Waals surface area contributed by atoms with Gasteiger partial charge >= 0.3 is 274 Å². The van der Waals surface area contributed by atoms with Gasteiger partial charge in [0, 0.05) is 0 Å². The van der Waals surface area contributed by atoms with Crippen molar-refractivity contribution in [3.63, 3.8) is 0 Å². The molecule has 3 aliphatic carbocycles. The van der Waals surface area contributed by atoms with Crippen LogP contribution in [-0.4, -0.2) is 87.7 Å². The van der Waals surface area contributed by atoms with Gasteiger partial charge in [-0.1, -0.05) is 0 Å². The average molecular weight is 860 g/mol. The number of carbonyl (C=O) groups excluding carboxylic acids is 2. The van der Waals surface area contributed by atoms with Crippen molar-refractivity contribution < 1.29 is 25.8 Å². The molecule has 13 heteroatoms. The van der Waals surface area contributed by atoms with Crippen LogP contribution in [0.25, 0.3) is 11.1 Å². The number of anilines is 1. The Kier molecular flexibility index (Phi) is 10.9. The first-order chi connectivity index (χ1) is 25.3. The van der Waals surface area contributed by atoms with Crippen LogP contribution in [0.15, 0.2) is 48.9 Å². The summed E-state index contributed by atoms with van der Waals surface area (Å²) in [5.41, 5.74) is 4.80. The van der Waals surface area contributed by atoms with Crippen molar-refractivity contribution >= 4 is 47.9 Å². The summed E-state index contributed by atoms with van der Waals surface area (Å²) in [6.45, 7) is 7.85.